The quantitative estimate of drug-likeness (QED) is 0.407. The van der Waals surface area contributed by atoms with Crippen LogP contribution < -0.4 is 15.2 Å². The van der Waals surface area contributed by atoms with Gasteiger partial charge in [-0.1, -0.05) is 6.07 Å². The summed E-state index contributed by atoms with van der Waals surface area (Å²) in [5, 5.41) is 17.5. The molecule has 3 rings (SSSR count). The number of primary sulfonamides is 1. The molecule has 0 spiro atoms. The number of hydrogen-bond acceptors (Lipinski definition) is 5. The normalized spacial score (nSPS) is 11.7. The standard InChI is InChI=1S/C24H24N4O4S/c1-4-32-22-7-5-6-20(14-22)27-24(29)19(15-25)13-18-12-16(2)28(17(18)3)21-8-10-23(11-9-21)33(26,30)31/h5-14H,4H2,1-3H3,(H,27,29)(H2,26,30,31)/b19-13-. The summed E-state index contributed by atoms with van der Waals surface area (Å²) in [6.07, 6.45) is 1.53. The Kier molecular flexibility index (Phi) is 7.01. The zero-order valence-electron chi connectivity index (χ0n) is 18.5. The molecule has 1 amide bonds. The van der Waals surface area contributed by atoms with Gasteiger partial charge in [0, 0.05) is 28.8 Å². The second kappa shape index (κ2) is 9.73. The predicted octanol–water partition coefficient (Wildman–Crippen LogP) is 3.69. The minimum absolute atomic E-state index is 0.0191. The summed E-state index contributed by atoms with van der Waals surface area (Å²) in [6.45, 7) is 6.10. The summed E-state index contributed by atoms with van der Waals surface area (Å²) in [5.74, 6) is 0.0863. The SMILES string of the molecule is CCOc1cccc(NC(=O)/C(C#N)=C\c2cc(C)n(-c3ccc(S(N)(=O)=O)cc3)c2C)c1. The number of benzene rings is 2. The van der Waals surface area contributed by atoms with Crippen LogP contribution in [-0.2, 0) is 14.8 Å². The van der Waals surface area contributed by atoms with Crippen molar-refractivity contribution in [2.75, 3.05) is 11.9 Å². The number of ether oxygens (including phenoxy) is 1. The molecule has 0 saturated carbocycles. The Hall–Kier alpha value is -3.87. The van der Waals surface area contributed by atoms with Gasteiger partial charge in [-0.15, -0.1) is 0 Å². The highest BCUT2D eigenvalue weighted by Crippen LogP contribution is 2.24. The summed E-state index contributed by atoms with van der Waals surface area (Å²) in [6, 6.07) is 16.9. The van der Waals surface area contributed by atoms with E-state index >= 15 is 0 Å². The Morgan fingerprint density at radius 2 is 1.88 bits per heavy atom. The third-order valence-corrected chi connectivity index (χ3v) is 5.89. The zero-order valence-corrected chi connectivity index (χ0v) is 19.3. The lowest BCUT2D eigenvalue weighted by atomic mass is 10.1. The first-order chi connectivity index (χ1) is 15.6. The molecule has 0 bridgehead atoms. The molecule has 0 aliphatic rings. The number of carbonyl (C=O) groups excluding carboxylic acids is 1. The van der Waals surface area contributed by atoms with Gasteiger partial charge in [0.2, 0.25) is 10.0 Å². The van der Waals surface area contributed by atoms with Crippen LogP contribution in [0.4, 0.5) is 5.69 Å². The summed E-state index contributed by atoms with van der Waals surface area (Å²) >= 11 is 0. The molecule has 0 saturated heterocycles. The van der Waals surface area contributed by atoms with Gasteiger partial charge in [-0.05, 0) is 74.9 Å². The van der Waals surface area contributed by atoms with Crippen molar-refractivity contribution in [3.63, 3.8) is 0 Å². The number of anilines is 1. The van der Waals surface area contributed by atoms with E-state index in [1.165, 1.54) is 18.2 Å². The number of aromatic nitrogens is 1. The third kappa shape index (κ3) is 5.49. The fraction of sp³-hybridized carbons (Fsp3) is 0.167. The Balaban J connectivity index is 1.90. The highest BCUT2D eigenvalue weighted by Gasteiger charge is 2.15. The van der Waals surface area contributed by atoms with Gasteiger partial charge in [-0.25, -0.2) is 13.6 Å². The summed E-state index contributed by atoms with van der Waals surface area (Å²) in [7, 11) is -3.78. The summed E-state index contributed by atoms with van der Waals surface area (Å²) < 4.78 is 30.3. The van der Waals surface area contributed by atoms with Gasteiger partial charge in [0.1, 0.15) is 17.4 Å². The molecule has 0 radical (unpaired) electrons. The first-order valence-electron chi connectivity index (χ1n) is 10.1. The lowest BCUT2D eigenvalue weighted by molar-refractivity contribution is -0.112. The van der Waals surface area contributed by atoms with E-state index < -0.39 is 15.9 Å². The van der Waals surface area contributed by atoms with Crippen molar-refractivity contribution in [1.82, 2.24) is 4.57 Å². The molecule has 33 heavy (non-hydrogen) atoms. The average Bonchev–Trinajstić information content (AvgIpc) is 3.04. The number of amides is 1. The van der Waals surface area contributed by atoms with Gasteiger partial charge in [-0.3, -0.25) is 4.79 Å². The molecular weight excluding hydrogens is 440 g/mol. The maximum Gasteiger partial charge on any atom is 0.266 e. The average molecular weight is 465 g/mol. The molecule has 3 aromatic rings. The number of aryl methyl sites for hydroxylation is 1. The third-order valence-electron chi connectivity index (χ3n) is 4.96. The van der Waals surface area contributed by atoms with Crippen LogP contribution >= 0.6 is 0 Å². The van der Waals surface area contributed by atoms with Gasteiger partial charge in [0.25, 0.3) is 5.91 Å². The maximum absolute atomic E-state index is 12.7. The maximum atomic E-state index is 12.7. The van der Waals surface area contributed by atoms with Crippen LogP contribution in [-0.4, -0.2) is 25.5 Å². The largest absolute Gasteiger partial charge is 0.494 e. The van der Waals surface area contributed by atoms with Crippen LogP contribution in [0, 0.1) is 25.2 Å². The van der Waals surface area contributed by atoms with Crippen molar-refractivity contribution < 1.29 is 17.9 Å². The Bertz CT molecular complexity index is 1360. The first kappa shape index (κ1) is 23.8. The Labute approximate surface area is 193 Å². The van der Waals surface area contributed by atoms with E-state index in [2.05, 4.69) is 5.32 Å². The Morgan fingerprint density at radius 1 is 1.18 bits per heavy atom. The van der Waals surface area contributed by atoms with Crippen LogP contribution in [0.15, 0.2) is 65.1 Å². The molecule has 170 valence electrons. The predicted molar refractivity (Wildman–Crippen MR) is 126 cm³/mol. The molecule has 0 fully saturated rings. The number of carbonyl (C=O) groups is 1. The van der Waals surface area contributed by atoms with Crippen LogP contribution in [0.1, 0.15) is 23.9 Å². The summed E-state index contributed by atoms with van der Waals surface area (Å²) in [5.41, 5.74) is 3.53. The van der Waals surface area contributed by atoms with Crippen molar-refractivity contribution >= 4 is 27.7 Å². The van der Waals surface area contributed by atoms with Crippen LogP contribution in [0.2, 0.25) is 0 Å². The second-order valence-electron chi connectivity index (χ2n) is 7.29. The smallest absolute Gasteiger partial charge is 0.266 e. The van der Waals surface area contributed by atoms with Gasteiger partial charge >= 0.3 is 0 Å². The molecule has 1 heterocycles. The number of nitrogens with zero attached hydrogens (tertiary/aromatic N) is 2. The number of nitrogens with two attached hydrogens (primary N) is 1. The van der Waals surface area contributed by atoms with Crippen LogP contribution in [0.25, 0.3) is 11.8 Å². The minimum atomic E-state index is -3.78. The van der Waals surface area contributed by atoms with Gasteiger partial charge in [0.05, 0.1) is 11.5 Å². The van der Waals surface area contributed by atoms with Gasteiger partial charge in [0.15, 0.2) is 0 Å². The monoisotopic (exact) mass is 464 g/mol. The van der Waals surface area contributed by atoms with E-state index in [4.69, 9.17) is 9.88 Å². The number of rotatable bonds is 7. The van der Waals surface area contributed by atoms with Crippen molar-refractivity contribution in [2.45, 2.75) is 25.7 Å². The van der Waals surface area contributed by atoms with E-state index in [0.717, 1.165) is 17.1 Å². The lowest BCUT2D eigenvalue weighted by Gasteiger charge is -2.10. The number of nitriles is 1. The number of hydrogen-bond donors (Lipinski definition) is 2. The van der Waals surface area contributed by atoms with Crippen molar-refractivity contribution in [1.29, 1.82) is 5.26 Å². The van der Waals surface area contributed by atoms with Crippen LogP contribution in [0.5, 0.6) is 5.75 Å². The molecule has 8 nitrogen and oxygen atoms in total. The topological polar surface area (TPSA) is 127 Å². The molecule has 3 N–H and O–H groups in total. The Morgan fingerprint density at radius 3 is 2.48 bits per heavy atom. The number of sulfonamides is 1. The van der Waals surface area contributed by atoms with E-state index in [1.54, 1.807) is 36.4 Å². The van der Waals surface area contributed by atoms with Gasteiger partial charge < -0.3 is 14.6 Å². The molecular formula is C24H24N4O4S. The summed E-state index contributed by atoms with van der Waals surface area (Å²) in [4.78, 5) is 12.7. The highest BCUT2D eigenvalue weighted by molar-refractivity contribution is 7.89. The van der Waals surface area contributed by atoms with Crippen LogP contribution in [0.3, 0.4) is 0 Å². The van der Waals surface area contributed by atoms with E-state index in [-0.39, 0.29) is 10.5 Å². The molecule has 0 atom stereocenters. The zero-order chi connectivity index (χ0) is 24.2. The molecule has 0 aliphatic heterocycles. The van der Waals surface area contributed by atoms with E-state index in [9.17, 15) is 18.5 Å². The number of nitrogens with one attached hydrogen (secondary N) is 1. The van der Waals surface area contributed by atoms with Crippen molar-refractivity contribution in [3.05, 3.63) is 77.1 Å². The highest BCUT2D eigenvalue weighted by atomic mass is 32.2. The van der Waals surface area contributed by atoms with E-state index in [1.807, 2.05) is 37.5 Å². The van der Waals surface area contributed by atoms with E-state index in [0.29, 0.717) is 23.6 Å². The van der Waals surface area contributed by atoms with Crippen molar-refractivity contribution in [2.24, 2.45) is 5.14 Å². The molecule has 0 unspecified atom stereocenters. The molecule has 0 aliphatic carbocycles. The molecule has 9 heteroatoms. The second-order valence-corrected chi connectivity index (χ2v) is 8.85. The minimum Gasteiger partial charge on any atom is -0.494 e. The first-order valence-corrected chi connectivity index (χ1v) is 11.7. The molecule has 2 aromatic carbocycles. The van der Waals surface area contributed by atoms with Crippen molar-refractivity contribution in [3.8, 4) is 17.5 Å². The lowest BCUT2D eigenvalue weighted by Crippen LogP contribution is -2.13. The fourth-order valence-corrected chi connectivity index (χ4v) is 3.96. The fourth-order valence-electron chi connectivity index (χ4n) is 3.45. The van der Waals surface area contributed by atoms with Gasteiger partial charge in [-0.2, -0.15) is 5.26 Å². The molecule has 1 aromatic heterocycles.